The number of thioether (sulfide) groups is 1. The number of urea groups is 1. The number of aryl methyl sites for hydroxylation is 3. The number of hydrogen-bond donors (Lipinski definition) is 2. The van der Waals surface area contributed by atoms with Crippen molar-refractivity contribution in [3.63, 3.8) is 0 Å². The molecule has 0 aliphatic carbocycles. The third kappa shape index (κ3) is 3.76. The minimum absolute atomic E-state index is 0.254. The summed E-state index contributed by atoms with van der Waals surface area (Å²) in [5.74, 6) is 0. The molecule has 0 radical (unpaired) electrons. The molecule has 0 aliphatic rings. The quantitative estimate of drug-likeness (QED) is 0.701. The van der Waals surface area contributed by atoms with E-state index in [1.165, 1.54) is 10.5 Å². The Bertz CT molecular complexity index is 935. The monoisotopic (exact) mass is 355 g/mol. The summed E-state index contributed by atoms with van der Waals surface area (Å²) in [7, 11) is 1.85. The van der Waals surface area contributed by atoms with Crippen molar-refractivity contribution in [3.8, 4) is 0 Å². The van der Waals surface area contributed by atoms with Gasteiger partial charge in [0.05, 0.1) is 17.6 Å². The fourth-order valence-electron chi connectivity index (χ4n) is 2.72. The fraction of sp³-hybridized carbons (Fsp3) is 0.278. The Morgan fingerprint density at radius 2 is 2.08 bits per heavy atom. The maximum Gasteiger partial charge on any atom is 0.319 e. The Morgan fingerprint density at radius 3 is 2.84 bits per heavy atom. The van der Waals surface area contributed by atoms with Gasteiger partial charge in [-0.05, 0) is 43.4 Å². The zero-order valence-electron chi connectivity index (χ0n) is 14.8. The molecule has 0 saturated carbocycles. The molecule has 0 unspecified atom stereocenters. The molecule has 2 aromatic heterocycles. The second-order valence-electron chi connectivity index (χ2n) is 5.93. The van der Waals surface area contributed by atoms with Gasteiger partial charge < -0.3 is 10.6 Å². The normalized spacial score (nSPS) is 10.9. The lowest BCUT2D eigenvalue weighted by Gasteiger charge is -2.11. The summed E-state index contributed by atoms with van der Waals surface area (Å²) in [6, 6.07) is 7.87. The molecular weight excluding hydrogens is 334 g/mol. The molecule has 7 heteroatoms. The number of aromatic nitrogens is 3. The summed E-state index contributed by atoms with van der Waals surface area (Å²) in [6.45, 7) is 4.46. The Balaban J connectivity index is 1.68. The van der Waals surface area contributed by atoms with Crippen molar-refractivity contribution >= 4 is 34.5 Å². The summed E-state index contributed by atoms with van der Waals surface area (Å²) < 4.78 is 1.73. The molecular formula is C18H21N5OS. The number of nitrogens with one attached hydrogen (secondary N) is 2. The molecule has 3 rings (SSSR count). The first-order valence-corrected chi connectivity index (χ1v) is 9.18. The van der Waals surface area contributed by atoms with Crippen molar-refractivity contribution < 1.29 is 4.79 Å². The number of nitrogens with zero attached hydrogens (tertiary/aromatic N) is 3. The van der Waals surface area contributed by atoms with Crippen molar-refractivity contribution in [2.75, 3.05) is 11.6 Å². The van der Waals surface area contributed by atoms with E-state index in [1.807, 2.05) is 32.4 Å². The standard InChI is InChI=1S/C18H21N5OS/c1-11-5-6-13(16(7-11)25-4)9-20-18(24)21-14-8-15-12(2)22-23(3)17(15)19-10-14/h5-8,10H,9H2,1-4H3,(H2,20,21,24). The third-order valence-electron chi connectivity index (χ3n) is 4.00. The second kappa shape index (κ2) is 7.14. The van der Waals surface area contributed by atoms with E-state index < -0.39 is 0 Å². The molecule has 2 heterocycles. The molecule has 0 aliphatic heterocycles. The van der Waals surface area contributed by atoms with Gasteiger partial charge in [0.2, 0.25) is 0 Å². The summed E-state index contributed by atoms with van der Waals surface area (Å²) in [6.07, 6.45) is 3.68. The van der Waals surface area contributed by atoms with E-state index in [0.717, 1.165) is 22.3 Å². The van der Waals surface area contributed by atoms with E-state index in [1.54, 1.807) is 22.6 Å². The van der Waals surface area contributed by atoms with Gasteiger partial charge in [-0.15, -0.1) is 11.8 Å². The van der Waals surface area contributed by atoms with Crippen LogP contribution in [0.25, 0.3) is 11.0 Å². The van der Waals surface area contributed by atoms with Gasteiger partial charge in [-0.25, -0.2) is 9.78 Å². The first-order chi connectivity index (χ1) is 12.0. The molecule has 3 aromatic rings. The number of carbonyl (C=O) groups excluding carboxylic acids is 1. The van der Waals surface area contributed by atoms with E-state index in [2.05, 4.69) is 39.8 Å². The van der Waals surface area contributed by atoms with Crippen LogP contribution in [0.5, 0.6) is 0 Å². The zero-order valence-corrected chi connectivity index (χ0v) is 15.6. The Labute approximate surface area is 151 Å². The Kier molecular flexibility index (Phi) is 4.94. The average molecular weight is 355 g/mol. The van der Waals surface area contributed by atoms with E-state index in [0.29, 0.717) is 12.2 Å². The molecule has 2 amide bonds. The van der Waals surface area contributed by atoms with Crippen LogP contribution in [0.1, 0.15) is 16.8 Å². The number of rotatable bonds is 4. The van der Waals surface area contributed by atoms with Crippen molar-refractivity contribution in [1.82, 2.24) is 20.1 Å². The molecule has 0 fully saturated rings. The molecule has 0 spiro atoms. The highest BCUT2D eigenvalue weighted by Crippen LogP contribution is 2.22. The van der Waals surface area contributed by atoms with Crippen molar-refractivity contribution in [2.24, 2.45) is 7.05 Å². The maximum absolute atomic E-state index is 12.2. The van der Waals surface area contributed by atoms with Gasteiger partial charge in [0.25, 0.3) is 0 Å². The highest BCUT2D eigenvalue weighted by atomic mass is 32.2. The van der Waals surface area contributed by atoms with E-state index in [9.17, 15) is 4.79 Å². The van der Waals surface area contributed by atoms with Crippen LogP contribution in [0.15, 0.2) is 35.4 Å². The molecule has 130 valence electrons. The topological polar surface area (TPSA) is 71.8 Å². The van der Waals surface area contributed by atoms with Crippen molar-refractivity contribution in [2.45, 2.75) is 25.3 Å². The number of anilines is 1. The van der Waals surface area contributed by atoms with Gasteiger partial charge in [-0.3, -0.25) is 4.68 Å². The van der Waals surface area contributed by atoms with Crippen LogP contribution in [0.2, 0.25) is 0 Å². The molecule has 2 N–H and O–H groups in total. The second-order valence-corrected chi connectivity index (χ2v) is 6.78. The van der Waals surface area contributed by atoms with Crippen molar-refractivity contribution in [1.29, 1.82) is 0 Å². The van der Waals surface area contributed by atoms with Gasteiger partial charge >= 0.3 is 6.03 Å². The smallest absolute Gasteiger partial charge is 0.319 e. The van der Waals surface area contributed by atoms with Crippen LogP contribution >= 0.6 is 11.8 Å². The fourth-order valence-corrected chi connectivity index (χ4v) is 3.43. The highest BCUT2D eigenvalue weighted by molar-refractivity contribution is 7.98. The van der Waals surface area contributed by atoms with Crippen LogP contribution in [0.4, 0.5) is 10.5 Å². The minimum Gasteiger partial charge on any atom is -0.334 e. The lowest BCUT2D eigenvalue weighted by molar-refractivity contribution is 0.251. The number of benzene rings is 1. The van der Waals surface area contributed by atoms with Crippen LogP contribution in [0.3, 0.4) is 0 Å². The van der Waals surface area contributed by atoms with Crippen LogP contribution in [0, 0.1) is 13.8 Å². The van der Waals surface area contributed by atoms with E-state index in [-0.39, 0.29) is 6.03 Å². The number of carbonyl (C=O) groups is 1. The molecule has 0 bridgehead atoms. The van der Waals surface area contributed by atoms with Crippen LogP contribution < -0.4 is 10.6 Å². The van der Waals surface area contributed by atoms with E-state index in [4.69, 9.17) is 0 Å². The first kappa shape index (κ1) is 17.3. The molecule has 0 saturated heterocycles. The number of fused-ring (bicyclic) bond motifs is 1. The molecule has 1 aromatic carbocycles. The van der Waals surface area contributed by atoms with E-state index >= 15 is 0 Å². The third-order valence-corrected chi connectivity index (χ3v) is 4.82. The van der Waals surface area contributed by atoms with Gasteiger partial charge in [-0.2, -0.15) is 5.10 Å². The minimum atomic E-state index is -0.254. The van der Waals surface area contributed by atoms with Gasteiger partial charge in [-0.1, -0.05) is 12.1 Å². The van der Waals surface area contributed by atoms with Gasteiger partial charge in [0, 0.05) is 23.9 Å². The van der Waals surface area contributed by atoms with Crippen molar-refractivity contribution in [3.05, 3.63) is 47.3 Å². The SMILES string of the molecule is CSc1cc(C)ccc1CNC(=O)Nc1cnc2c(c1)c(C)nn2C. The molecule has 0 atom stereocenters. The predicted octanol–water partition coefficient (Wildman–Crippen LogP) is 3.63. The Hall–Kier alpha value is -2.54. The molecule has 6 nitrogen and oxygen atoms in total. The highest BCUT2D eigenvalue weighted by Gasteiger charge is 2.09. The number of hydrogen-bond acceptors (Lipinski definition) is 4. The summed E-state index contributed by atoms with van der Waals surface area (Å²) in [5.41, 5.74) is 4.65. The van der Waals surface area contributed by atoms with Crippen LogP contribution in [-0.2, 0) is 13.6 Å². The molecule has 25 heavy (non-hydrogen) atoms. The predicted molar refractivity (Wildman–Crippen MR) is 102 cm³/mol. The summed E-state index contributed by atoms with van der Waals surface area (Å²) in [5, 5.41) is 11.0. The summed E-state index contributed by atoms with van der Waals surface area (Å²) in [4.78, 5) is 17.7. The zero-order chi connectivity index (χ0) is 18.0. The van der Waals surface area contributed by atoms with Crippen LogP contribution in [-0.4, -0.2) is 27.1 Å². The lowest BCUT2D eigenvalue weighted by Crippen LogP contribution is -2.28. The summed E-state index contributed by atoms with van der Waals surface area (Å²) >= 11 is 1.68. The van der Waals surface area contributed by atoms with Gasteiger partial charge in [0.1, 0.15) is 0 Å². The number of amides is 2. The maximum atomic E-state index is 12.2. The lowest BCUT2D eigenvalue weighted by atomic mass is 10.1. The largest absolute Gasteiger partial charge is 0.334 e. The number of pyridine rings is 1. The first-order valence-electron chi connectivity index (χ1n) is 7.95. The van der Waals surface area contributed by atoms with Gasteiger partial charge in [0.15, 0.2) is 5.65 Å². The average Bonchev–Trinajstić information content (AvgIpc) is 2.87. The Morgan fingerprint density at radius 1 is 1.28 bits per heavy atom.